The highest BCUT2D eigenvalue weighted by Gasteiger charge is 2.52. The molecule has 1 aromatic heterocycles. The summed E-state index contributed by atoms with van der Waals surface area (Å²) < 4.78 is 1.26. The molecule has 3 heterocycles. The molecule has 11 nitrogen and oxygen atoms in total. The Bertz CT molecular complexity index is 1330. The molecule has 1 atom stereocenters. The molecule has 1 unspecified atom stereocenters. The van der Waals surface area contributed by atoms with Crippen molar-refractivity contribution in [3.8, 4) is 0 Å². The number of fused-ring (bicyclic) bond motifs is 3. The van der Waals surface area contributed by atoms with E-state index in [1.165, 1.54) is 11.6 Å². The Labute approximate surface area is 208 Å². The Hall–Kier alpha value is -3.89. The summed E-state index contributed by atoms with van der Waals surface area (Å²) >= 11 is 0. The number of nitrogens with one attached hydrogen (secondary N) is 1. The molecular formula is C25H32N6O5. The molecule has 192 valence electrons. The van der Waals surface area contributed by atoms with Crippen molar-refractivity contribution in [1.82, 2.24) is 14.5 Å². The van der Waals surface area contributed by atoms with Crippen molar-refractivity contribution in [2.24, 2.45) is 0 Å². The van der Waals surface area contributed by atoms with Crippen molar-refractivity contribution in [1.29, 1.82) is 0 Å². The Morgan fingerprint density at radius 3 is 2.58 bits per heavy atom. The zero-order valence-electron chi connectivity index (χ0n) is 20.9. The van der Waals surface area contributed by atoms with Gasteiger partial charge < -0.3 is 15.5 Å². The number of aromatic amines is 1. The van der Waals surface area contributed by atoms with Gasteiger partial charge in [0.15, 0.2) is 5.69 Å². The number of nitrogens with zero attached hydrogens (tertiary/aromatic N) is 4. The maximum absolute atomic E-state index is 13.3. The third-order valence-electron chi connectivity index (χ3n) is 7.18. The fraction of sp³-hybridized carbons (Fsp3) is 0.480. The van der Waals surface area contributed by atoms with Gasteiger partial charge in [0.25, 0.3) is 11.5 Å². The standard InChI is InChI=1S/C25H32N6O5/c1-4-5-14-29-21(26)20(22(34)27-24(29)36)28(3)18(32)11-8-15-30-23(35)16-9-6-7-10-17(16)31-19(33)12-13-25(30,31)2/h6-7,9-10H,4-5,8,11-15,26H2,1-3H3,(H,27,34,36). The highest BCUT2D eigenvalue weighted by molar-refractivity contribution is 6.10. The van der Waals surface area contributed by atoms with Crippen molar-refractivity contribution >= 4 is 34.9 Å². The molecule has 11 heteroatoms. The quantitative estimate of drug-likeness (QED) is 0.569. The van der Waals surface area contributed by atoms with Crippen LogP contribution in [0, 0.1) is 0 Å². The van der Waals surface area contributed by atoms with Crippen LogP contribution in [0.25, 0.3) is 0 Å². The largest absolute Gasteiger partial charge is 0.383 e. The van der Waals surface area contributed by atoms with Gasteiger partial charge in [0.2, 0.25) is 11.8 Å². The number of rotatable bonds is 8. The number of para-hydroxylation sites is 1. The number of H-pyrrole nitrogens is 1. The zero-order chi connectivity index (χ0) is 26.2. The Morgan fingerprint density at radius 2 is 1.86 bits per heavy atom. The summed E-state index contributed by atoms with van der Waals surface area (Å²) in [5.41, 5.74) is 5.00. The Kier molecular flexibility index (Phi) is 6.75. The molecule has 0 bridgehead atoms. The van der Waals surface area contributed by atoms with Crippen LogP contribution in [-0.4, -0.2) is 51.4 Å². The number of anilines is 3. The first-order valence-electron chi connectivity index (χ1n) is 12.2. The molecule has 1 saturated heterocycles. The second-order valence-corrected chi connectivity index (χ2v) is 9.47. The van der Waals surface area contributed by atoms with Gasteiger partial charge in [-0.05, 0) is 38.3 Å². The van der Waals surface area contributed by atoms with E-state index in [4.69, 9.17) is 5.73 Å². The summed E-state index contributed by atoms with van der Waals surface area (Å²) in [6, 6.07) is 7.06. The van der Waals surface area contributed by atoms with Gasteiger partial charge in [-0.25, -0.2) is 4.79 Å². The van der Waals surface area contributed by atoms with E-state index in [1.54, 1.807) is 34.1 Å². The summed E-state index contributed by atoms with van der Waals surface area (Å²) in [7, 11) is 1.44. The maximum Gasteiger partial charge on any atom is 0.330 e. The van der Waals surface area contributed by atoms with Gasteiger partial charge in [0.05, 0.1) is 11.3 Å². The average molecular weight is 497 g/mol. The monoisotopic (exact) mass is 496 g/mol. The van der Waals surface area contributed by atoms with E-state index >= 15 is 0 Å². The van der Waals surface area contributed by atoms with Crippen molar-refractivity contribution in [2.45, 2.75) is 64.6 Å². The number of amides is 3. The van der Waals surface area contributed by atoms with Gasteiger partial charge in [-0.2, -0.15) is 0 Å². The fourth-order valence-corrected chi connectivity index (χ4v) is 5.16. The van der Waals surface area contributed by atoms with Gasteiger partial charge in [-0.15, -0.1) is 0 Å². The SMILES string of the molecule is CCCCn1c(N)c(N(C)C(=O)CCCN2C(=O)c3ccccc3N3C(=O)CCC23C)c(=O)[nH]c1=O. The normalized spacial score (nSPS) is 18.9. The van der Waals surface area contributed by atoms with Crippen LogP contribution >= 0.6 is 0 Å². The summed E-state index contributed by atoms with van der Waals surface area (Å²) in [4.78, 5) is 70.5. The van der Waals surface area contributed by atoms with Crippen LogP contribution in [0.15, 0.2) is 33.9 Å². The lowest BCUT2D eigenvalue weighted by molar-refractivity contribution is -0.119. The first kappa shape index (κ1) is 25.2. The van der Waals surface area contributed by atoms with E-state index in [-0.39, 0.29) is 42.2 Å². The number of carbonyl (C=O) groups excluding carboxylic acids is 3. The maximum atomic E-state index is 13.3. The lowest BCUT2D eigenvalue weighted by atomic mass is 9.98. The molecule has 0 radical (unpaired) electrons. The molecule has 2 aromatic rings. The molecule has 0 spiro atoms. The zero-order valence-corrected chi connectivity index (χ0v) is 20.9. The molecule has 0 aliphatic carbocycles. The van der Waals surface area contributed by atoms with Crippen LogP contribution in [-0.2, 0) is 16.1 Å². The van der Waals surface area contributed by atoms with Gasteiger partial charge >= 0.3 is 5.69 Å². The van der Waals surface area contributed by atoms with Gasteiger partial charge in [-0.3, -0.25) is 33.6 Å². The van der Waals surface area contributed by atoms with E-state index < -0.39 is 16.9 Å². The van der Waals surface area contributed by atoms with E-state index in [2.05, 4.69) is 4.98 Å². The molecular weight excluding hydrogens is 464 g/mol. The third kappa shape index (κ3) is 4.08. The minimum absolute atomic E-state index is 0.0360. The summed E-state index contributed by atoms with van der Waals surface area (Å²) in [6.07, 6.45) is 2.73. The van der Waals surface area contributed by atoms with Crippen LogP contribution in [0.2, 0.25) is 0 Å². The van der Waals surface area contributed by atoms with Crippen LogP contribution in [0.5, 0.6) is 0 Å². The predicted octanol–water partition coefficient (Wildman–Crippen LogP) is 1.66. The molecule has 2 aliphatic heterocycles. The second-order valence-electron chi connectivity index (χ2n) is 9.47. The number of hydrogen-bond donors (Lipinski definition) is 2. The van der Waals surface area contributed by atoms with E-state index in [9.17, 15) is 24.0 Å². The van der Waals surface area contributed by atoms with E-state index in [1.807, 2.05) is 13.8 Å². The number of carbonyl (C=O) groups is 3. The molecule has 4 rings (SSSR count). The van der Waals surface area contributed by atoms with Crippen molar-refractivity contribution in [3.63, 3.8) is 0 Å². The first-order chi connectivity index (χ1) is 17.1. The number of hydrogen-bond acceptors (Lipinski definition) is 6. The van der Waals surface area contributed by atoms with E-state index in [0.29, 0.717) is 43.5 Å². The minimum Gasteiger partial charge on any atom is -0.383 e. The smallest absolute Gasteiger partial charge is 0.330 e. The number of aromatic nitrogens is 2. The highest BCUT2D eigenvalue weighted by Crippen LogP contribution is 2.44. The van der Waals surface area contributed by atoms with Crippen LogP contribution in [0.4, 0.5) is 17.2 Å². The Morgan fingerprint density at radius 1 is 1.14 bits per heavy atom. The molecule has 36 heavy (non-hydrogen) atoms. The minimum atomic E-state index is -0.798. The summed E-state index contributed by atoms with van der Waals surface area (Å²) in [6.45, 7) is 4.43. The van der Waals surface area contributed by atoms with Gasteiger partial charge in [-0.1, -0.05) is 25.5 Å². The summed E-state index contributed by atoms with van der Waals surface area (Å²) in [5, 5.41) is 0. The molecule has 0 saturated carbocycles. The molecule has 3 N–H and O–H groups in total. The van der Waals surface area contributed by atoms with E-state index in [0.717, 1.165) is 11.3 Å². The number of nitrogens with two attached hydrogens (primary N) is 1. The van der Waals surface area contributed by atoms with Gasteiger partial charge in [0, 0.05) is 33.0 Å². The third-order valence-corrected chi connectivity index (χ3v) is 7.18. The number of nitrogen functional groups attached to an aromatic ring is 1. The molecule has 1 aromatic carbocycles. The van der Waals surface area contributed by atoms with Crippen LogP contribution in [0.3, 0.4) is 0 Å². The highest BCUT2D eigenvalue weighted by atomic mass is 16.2. The average Bonchev–Trinajstić information content (AvgIpc) is 3.15. The lowest BCUT2D eigenvalue weighted by Crippen LogP contribution is -2.62. The molecule has 2 aliphatic rings. The molecule has 1 fully saturated rings. The second kappa shape index (κ2) is 9.63. The molecule has 3 amide bonds. The first-order valence-corrected chi connectivity index (χ1v) is 12.2. The predicted molar refractivity (Wildman–Crippen MR) is 136 cm³/mol. The topological polar surface area (TPSA) is 142 Å². The Balaban J connectivity index is 1.51. The van der Waals surface area contributed by atoms with Crippen LogP contribution in [0.1, 0.15) is 62.7 Å². The number of unbranched alkanes of at least 4 members (excludes halogenated alkanes) is 1. The van der Waals surface area contributed by atoms with Crippen molar-refractivity contribution in [2.75, 3.05) is 29.1 Å². The van der Waals surface area contributed by atoms with Crippen molar-refractivity contribution < 1.29 is 14.4 Å². The number of benzene rings is 1. The van der Waals surface area contributed by atoms with Gasteiger partial charge in [0.1, 0.15) is 11.5 Å². The fourth-order valence-electron chi connectivity index (χ4n) is 5.16. The summed E-state index contributed by atoms with van der Waals surface area (Å²) in [5.74, 6) is -0.638. The van der Waals surface area contributed by atoms with Crippen LogP contribution < -0.4 is 26.8 Å². The lowest BCUT2D eigenvalue weighted by Gasteiger charge is -2.48. The van der Waals surface area contributed by atoms with Crippen molar-refractivity contribution in [3.05, 3.63) is 50.7 Å².